The first-order valence-electron chi connectivity index (χ1n) is 7.60. The van der Waals surface area contributed by atoms with Gasteiger partial charge in [0.25, 0.3) is 0 Å². The van der Waals surface area contributed by atoms with Gasteiger partial charge in [0.05, 0.1) is 0 Å². The lowest BCUT2D eigenvalue weighted by Crippen LogP contribution is -2.45. The summed E-state index contributed by atoms with van der Waals surface area (Å²) in [6, 6.07) is 0. The number of esters is 1. The monoisotopic (exact) mass is 276 g/mol. The Hall–Kier alpha value is -1.12. The van der Waals surface area contributed by atoms with Crippen LogP contribution in [-0.4, -0.2) is 18.4 Å². The number of hydrogen-bond donors (Lipinski definition) is 0. The maximum Gasteiger partial charge on any atom is 0.302 e. The van der Waals surface area contributed by atoms with Crippen LogP contribution in [0.1, 0.15) is 53.4 Å². The van der Waals surface area contributed by atoms with E-state index in [4.69, 9.17) is 4.74 Å². The molecule has 0 aromatic carbocycles. The highest BCUT2D eigenvalue weighted by Crippen LogP contribution is 2.73. The van der Waals surface area contributed by atoms with Crippen molar-refractivity contribution in [1.29, 1.82) is 0 Å². The van der Waals surface area contributed by atoms with Gasteiger partial charge in [-0.3, -0.25) is 9.59 Å². The number of carbonyl (C=O) groups is 2. The first-order valence-corrected chi connectivity index (χ1v) is 7.60. The van der Waals surface area contributed by atoms with Crippen molar-refractivity contribution >= 4 is 11.8 Å². The molecule has 0 heterocycles. The fourth-order valence-corrected chi connectivity index (χ4v) is 5.15. The molecule has 20 heavy (non-hydrogen) atoms. The Balaban J connectivity index is 2.04. The van der Waals surface area contributed by atoms with Crippen molar-refractivity contribution in [3.05, 3.63) is 11.6 Å². The molecule has 3 nitrogen and oxygen atoms in total. The Labute approximate surface area is 120 Å². The lowest BCUT2D eigenvalue weighted by Gasteiger charge is -2.51. The summed E-state index contributed by atoms with van der Waals surface area (Å²) in [4.78, 5) is 23.3. The molecule has 0 amide bonds. The standard InChI is InChI=1S/C17H24O3/c1-11(18)20-10-16(4)12-5-6-17(8-12)14(16)7-13(19)9-15(17,2)3/h7,12H,5-6,8-10H2,1-4H3/t12-,16+,17-/m0/s1. The summed E-state index contributed by atoms with van der Waals surface area (Å²) in [5, 5.41) is 0. The third-order valence-electron chi connectivity index (χ3n) is 6.34. The summed E-state index contributed by atoms with van der Waals surface area (Å²) in [5.41, 5.74) is 1.30. The zero-order chi connectivity index (χ0) is 14.8. The van der Waals surface area contributed by atoms with E-state index in [0.717, 1.165) is 6.42 Å². The molecule has 0 aromatic rings. The molecule has 3 heteroatoms. The van der Waals surface area contributed by atoms with Crippen LogP contribution >= 0.6 is 0 Å². The van der Waals surface area contributed by atoms with Gasteiger partial charge in [-0.1, -0.05) is 26.3 Å². The molecular formula is C17H24O3. The molecule has 0 N–H and O–H groups in total. The number of hydrogen-bond acceptors (Lipinski definition) is 3. The van der Waals surface area contributed by atoms with Crippen LogP contribution in [0.25, 0.3) is 0 Å². The highest BCUT2D eigenvalue weighted by molar-refractivity contribution is 5.93. The Morgan fingerprint density at radius 1 is 1.40 bits per heavy atom. The van der Waals surface area contributed by atoms with Crippen LogP contribution in [0.15, 0.2) is 11.6 Å². The van der Waals surface area contributed by atoms with Crippen molar-refractivity contribution in [3.63, 3.8) is 0 Å². The molecule has 0 radical (unpaired) electrons. The number of rotatable bonds is 2. The van der Waals surface area contributed by atoms with Gasteiger partial charge >= 0.3 is 5.97 Å². The predicted molar refractivity (Wildman–Crippen MR) is 76.0 cm³/mol. The lowest BCUT2D eigenvalue weighted by atomic mass is 9.53. The summed E-state index contributed by atoms with van der Waals surface area (Å²) < 4.78 is 5.34. The van der Waals surface area contributed by atoms with E-state index in [0.29, 0.717) is 18.9 Å². The number of allylic oxidation sites excluding steroid dienone is 1. The molecule has 0 saturated heterocycles. The lowest BCUT2D eigenvalue weighted by molar-refractivity contribution is -0.144. The molecular weight excluding hydrogens is 252 g/mol. The van der Waals surface area contributed by atoms with E-state index in [1.54, 1.807) is 0 Å². The third kappa shape index (κ3) is 1.58. The van der Waals surface area contributed by atoms with Crippen LogP contribution in [-0.2, 0) is 14.3 Å². The van der Waals surface area contributed by atoms with Crippen LogP contribution in [0, 0.1) is 22.2 Å². The molecule has 0 unspecified atom stereocenters. The average molecular weight is 276 g/mol. The van der Waals surface area contributed by atoms with Gasteiger partial charge in [-0.25, -0.2) is 0 Å². The van der Waals surface area contributed by atoms with Crippen molar-refractivity contribution in [1.82, 2.24) is 0 Å². The summed E-state index contributed by atoms with van der Waals surface area (Å²) >= 11 is 0. The van der Waals surface area contributed by atoms with Gasteiger partial charge in [-0.2, -0.15) is 0 Å². The average Bonchev–Trinajstić information content (AvgIpc) is 2.85. The molecule has 2 saturated carbocycles. The highest BCUT2D eigenvalue weighted by atomic mass is 16.5. The molecule has 110 valence electrons. The minimum absolute atomic E-state index is 0.0247. The van der Waals surface area contributed by atoms with Gasteiger partial charge in [0.2, 0.25) is 0 Å². The maximum absolute atomic E-state index is 12.1. The SMILES string of the molecule is CC(=O)OC[C@@]1(C)C2=CC(=O)CC(C)(C)[C@]23CC[C@H]1C3. The van der Waals surface area contributed by atoms with Crippen molar-refractivity contribution in [2.24, 2.45) is 22.2 Å². The van der Waals surface area contributed by atoms with Crippen LogP contribution in [0.4, 0.5) is 0 Å². The first-order chi connectivity index (χ1) is 9.21. The van der Waals surface area contributed by atoms with Crippen LogP contribution in [0.2, 0.25) is 0 Å². The van der Waals surface area contributed by atoms with Crippen molar-refractivity contribution < 1.29 is 14.3 Å². The second-order valence-corrected chi connectivity index (χ2v) is 7.80. The van der Waals surface area contributed by atoms with E-state index in [9.17, 15) is 9.59 Å². The Kier molecular flexibility index (Phi) is 2.74. The molecule has 2 fully saturated rings. The van der Waals surface area contributed by atoms with Crippen molar-refractivity contribution in [2.45, 2.75) is 53.4 Å². The van der Waals surface area contributed by atoms with Gasteiger partial charge in [0.15, 0.2) is 5.78 Å². The second kappa shape index (κ2) is 3.96. The predicted octanol–water partition coefficient (Wildman–Crippen LogP) is 3.28. The third-order valence-corrected chi connectivity index (χ3v) is 6.34. The largest absolute Gasteiger partial charge is 0.465 e. The summed E-state index contributed by atoms with van der Waals surface area (Å²) in [7, 11) is 0. The van der Waals surface area contributed by atoms with Crippen molar-refractivity contribution in [2.75, 3.05) is 6.61 Å². The number of ether oxygens (including phenoxy) is 1. The summed E-state index contributed by atoms with van der Waals surface area (Å²) in [5.74, 6) is 0.542. The van der Waals surface area contributed by atoms with E-state index in [-0.39, 0.29) is 28.0 Å². The first kappa shape index (κ1) is 13.8. The van der Waals surface area contributed by atoms with Crippen molar-refractivity contribution in [3.8, 4) is 0 Å². The normalized spacial score (nSPS) is 41.3. The van der Waals surface area contributed by atoms with Gasteiger partial charge in [0.1, 0.15) is 6.61 Å². The molecule has 1 spiro atoms. The van der Waals surface area contributed by atoms with Crippen LogP contribution < -0.4 is 0 Å². The van der Waals surface area contributed by atoms with E-state index >= 15 is 0 Å². The smallest absolute Gasteiger partial charge is 0.302 e. The number of ketones is 1. The fraction of sp³-hybridized carbons (Fsp3) is 0.765. The summed E-state index contributed by atoms with van der Waals surface area (Å²) in [6.07, 6.45) is 6.05. The van der Waals surface area contributed by atoms with Gasteiger partial charge in [-0.15, -0.1) is 0 Å². The van der Waals surface area contributed by atoms with Gasteiger partial charge < -0.3 is 4.74 Å². The fourth-order valence-electron chi connectivity index (χ4n) is 5.15. The molecule has 3 aliphatic carbocycles. The Bertz CT molecular complexity index is 516. The topological polar surface area (TPSA) is 43.4 Å². The minimum atomic E-state index is -0.231. The van der Waals surface area contributed by atoms with Gasteiger partial charge in [-0.05, 0) is 42.1 Å². The molecule has 3 aliphatic rings. The Morgan fingerprint density at radius 3 is 2.75 bits per heavy atom. The molecule has 3 atom stereocenters. The van der Waals surface area contributed by atoms with Crippen LogP contribution in [0.3, 0.4) is 0 Å². The zero-order valence-corrected chi connectivity index (χ0v) is 12.9. The van der Waals surface area contributed by atoms with E-state index in [1.807, 2.05) is 6.08 Å². The number of carbonyl (C=O) groups excluding carboxylic acids is 2. The zero-order valence-electron chi connectivity index (χ0n) is 12.9. The molecule has 0 aliphatic heterocycles. The second-order valence-electron chi connectivity index (χ2n) is 7.80. The highest BCUT2D eigenvalue weighted by Gasteiger charge is 2.66. The molecule has 3 rings (SSSR count). The maximum atomic E-state index is 12.1. The summed E-state index contributed by atoms with van der Waals surface area (Å²) in [6.45, 7) is 8.53. The molecule has 0 aromatic heterocycles. The minimum Gasteiger partial charge on any atom is -0.465 e. The molecule has 2 bridgehead atoms. The van der Waals surface area contributed by atoms with Gasteiger partial charge in [0, 0.05) is 18.8 Å². The van der Waals surface area contributed by atoms with E-state index in [1.165, 1.54) is 25.3 Å². The quantitative estimate of drug-likeness (QED) is 0.727. The number of fused-ring (bicyclic) bond motifs is 1. The Morgan fingerprint density at radius 2 is 2.10 bits per heavy atom. The van der Waals surface area contributed by atoms with E-state index in [2.05, 4.69) is 20.8 Å². The van der Waals surface area contributed by atoms with E-state index < -0.39 is 0 Å². The van der Waals surface area contributed by atoms with Crippen LogP contribution in [0.5, 0.6) is 0 Å².